The molecule has 1 aliphatic heterocycles. The number of imidazole rings is 1. The summed E-state index contributed by atoms with van der Waals surface area (Å²) in [7, 11) is 4.26. The van der Waals surface area contributed by atoms with Crippen LogP contribution in [0.15, 0.2) is 12.4 Å². The van der Waals surface area contributed by atoms with Crippen LogP contribution in [0.2, 0.25) is 0 Å². The molecule has 2 heterocycles. The SMILES string of the molecule is CC(NCc1nccn1C)C1CCCN(C)C1. The number of aromatic nitrogens is 2. The highest BCUT2D eigenvalue weighted by Gasteiger charge is 2.22. The smallest absolute Gasteiger partial charge is 0.122 e. The van der Waals surface area contributed by atoms with E-state index in [0.29, 0.717) is 6.04 Å². The standard InChI is InChI=1S/C13H24N4/c1-11(12-5-4-7-16(2)10-12)15-9-13-14-6-8-17(13)3/h6,8,11-12,15H,4-5,7,9-10H2,1-3H3. The van der Waals surface area contributed by atoms with E-state index in [1.165, 1.54) is 25.9 Å². The third-order valence-electron chi connectivity index (χ3n) is 3.87. The Morgan fingerprint density at radius 1 is 1.53 bits per heavy atom. The van der Waals surface area contributed by atoms with Crippen LogP contribution in [0.1, 0.15) is 25.6 Å². The van der Waals surface area contributed by atoms with Crippen LogP contribution in [-0.4, -0.2) is 40.6 Å². The van der Waals surface area contributed by atoms with Gasteiger partial charge in [-0.05, 0) is 39.3 Å². The first kappa shape index (κ1) is 12.6. The second-order valence-corrected chi connectivity index (χ2v) is 5.29. The Bertz CT molecular complexity index is 347. The second kappa shape index (κ2) is 5.65. The number of hydrogen-bond donors (Lipinski definition) is 1. The lowest BCUT2D eigenvalue weighted by Gasteiger charge is -2.33. The molecular weight excluding hydrogens is 212 g/mol. The van der Waals surface area contributed by atoms with Crippen LogP contribution >= 0.6 is 0 Å². The lowest BCUT2D eigenvalue weighted by molar-refractivity contribution is 0.178. The molecule has 1 fully saturated rings. The van der Waals surface area contributed by atoms with Crippen molar-refractivity contribution in [2.24, 2.45) is 13.0 Å². The molecule has 17 heavy (non-hydrogen) atoms. The first-order valence-corrected chi connectivity index (χ1v) is 6.55. The summed E-state index contributed by atoms with van der Waals surface area (Å²) in [6.07, 6.45) is 6.53. The van der Waals surface area contributed by atoms with Crippen LogP contribution < -0.4 is 5.32 Å². The third-order valence-corrected chi connectivity index (χ3v) is 3.87. The average molecular weight is 236 g/mol. The van der Waals surface area contributed by atoms with Crippen molar-refractivity contribution in [3.63, 3.8) is 0 Å². The van der Waals surface area contributed by atoms with Crippen molar-refractivity contribution in [1.82, 2.24) is 19.8 Å². The molecule has 0 aliphatic carbocycles. The Morgan fingerprint density at radius 3 is 3.00 bits per heavy atom. The van der Waals surface area contributed by atoms with Crippen LogP contribution in [0.4, 0.5) is 0 Å². The Kier molecular flexibility index (Phi) is 4.18. The molecule has 1 N–H and O–H groups in total. The fourth-order valence-electron chi connectivity index (χ4n) is 2.60. The molecule has 0 spiro atoms. The van der Waals surface area contributed by atoms with E-state index in [9.17, 15) is 0 Å². The fraction of sp³-hybridized carbons (Fsp3) is 0.769. The van der Waals surface area contributed by atoms with Crippen LogP contribution in [0.3, 0.4) is 0 Å². The maximum absolute atomic E-state index is 4.34. The molecule has 0 amide bonds. The maximum Gasteiger partial charge on any atom is 0.122 e. The predicted octanol–water partition coefficient (Wildman–Crippen LogP) is 1.24. The minimum Gasteiger partial charge on any atom is -0.337 e. The topological polar surface area (TPSA) is 33.1 Å². The van der Waals surface area contributed by atoms with Gasteiger partial charge in [0, 0.05) is 32.0 Å². The molecule has 4 nitrogen and oxygen atoms in total. The van der Waals surface area contributed by atoms with E-state index in [2.05, 4.69) is 33.7 Å². The van der Waals surface area contributed by atoms with Crippen molar-refractivity contribution >= 4 is 0 Å². The molecule has 2 atom stereocenters. The summed E-state index contributed by atoms with van der Waals surface area (Å²) < 4.78 is 2.08. The van der Waals surface area contributed by atoms with Crippen molar-refractivity contribution in [2.75, 3.05) is 20.1 Å². The van der Waals surface area contributed by atoms with Crippen molar-refractivity contribution in [2.45, 2.75) is 32.4 Å². The molecule has 1 aliphatic rings. The number of piperidine rings is 1. The number of hydrogen-bond acceptors (Lipinski definition) is 3. The molecule has 4 heteroatoms. The Labute approximate surface area is 104 Å². The van der Waals surface area contributed by atoms with Gasteiger partial charge < -0.3 is 14.8 Å². The molecule has 2 rings (SSSR count). The third kappa shape index (κ3) is 3.30. The molecular formula is C13H24N4. The van der Waals surface area contributed by atoms with E-state index in [4.69, 9.17) is 0 Å². The highest BCUT2D eigenvalue weighted by molar-refractivity contribution is 4.91. The highest BCUT2D eigenvalue weighted by atomic mass is 15.1. The van der Waals surface area contributed by atoms with Crippen LogP contribution in [0.5, 0.6) is 0 Å². The Hall–Kier alpha value is -0.870. The number of rotatable bonds is 4. The highest BCUT2D eigenvalue weighted by Crippen LogP contribution is 2.18. The summed E-state index contributed by atoms with van der Waals surface area (Å²) in [5.41, 5.74) is 0. The molecule has 96 valence electrons. The quantitative estimate of drug-likeness (QED) is 0.854. The number of nitrogens with one attached hydrogen (secondary N) is 1. The lowest BCUT2D eigenvalue weighted by atomic mass is 9.92. The summed E-state index contributed by atoms with van der Waals surface area (Å²) >= 11 is 0. The summed E-state index contributed by atoms with van der Waals surface area (Å²) in [4.78, 5) is 6.78. The van der Waals surface area contributed by atoms with Crippen LogP contribution in [0, 0.1) is 5.92 Å². The lowest BCUT2D eigenvalue weighted by Crippen LogP contribution is -2.43. The zero-order valence-electron chi connectivity index (χ0n) is 11.2. The van der Waals surface area contributed by atoms with Crippen LogP contribution in [0.25, 0.3) is 0 Å². The molecule has 0 radical (unpaired) electrons. The van der Waals surface area contributed by atoms with E-state index in [0.717, 1.165) is 18.3 Å². The monoisotopic (exact) mass is 236 g/mol. The first-order chi connectivity index (χ1) is 8.16. The summed E-state index contributed by atoms with van der Waals surface area (Å²) in [6, 6.07) is 0.564. The molecule has 0 bridgehead atoms. The molecule has 2 unspecified atom stereocenters. The second-order valence-electron chi connectivity index (χ2n) is 5.29. The summed E-state index contributed by atoms with van der Waals surface area (Å²) in [5.74, 6) is 1.88. The minimum atomic E-state index is 0.564. The number of likely N-dealkylation sites (tertiary alicyclic amines) is 1. The fourth-order valence-corrected chi connectivity index (χ4v) is 2.60. The van der Waals surface area contributed by atoms with Gasteiger partial charge in [0.05, 0.1) is 6.54 Å². The van der Waals surface area contributed by atoms with Crippen molar-refractivity contribution in [3.05, 3.63) is 18.2 Å². The van der Waals surface area contributed by atoms with E-state index in [1.54, 1.807) is 0 Å². The van der Waals surface area contributed by atoms with Crippen molar-refractivity contribution in [1.29, 1.82) is 0 Å². The molecule has 0 aromatic carbocycles. The first-order valence-electron chi connectivity index (χ1n) is 6.55. The zero-order valence-corrected chi connectivity index (χ0v) is 11.2. The Morgan fingerprint density at radius 2 is 2.35 bits per heavy atom. The van der Waals surface area contributed by atoms with Gasteiger partial charge in [0.2, 0.25) is 0 Å². The molecule has 1 aromatic heterocycles. The average Bonchev–Trinajstić information content (AvgIpc) is 2.72. The summed E-state index contributed by atoms with van der Waals surface area (Å²) in [6.45, 7) is 5.63. The minimum absolute atomic E-state index is 0.564. The van der Waals surface area contributed by atoms with Crippen molar-refractivity contribution in [3.8, 4) is 0 Å². The van der Waals surface area contributed by atoms with E-state index < -0.39 is 0 Å². The van der Waals surface area contributed by atoms with Gasteiger partial charge >= 0.3 is 0 Å². The van der Waals surface area contributed by atoms with Gasteiger partial charge in [-0.25, -0.2) is 4.98 Å². The van der Waals surface area contributed by atoms with E-state index in [-0.39, 0.29) is 0 Å². The van der Waals surface area contributed by atoms with Gasteiger partial charge in [0.15, 0.2) is 0 Å². The van der Waals surface area contributed by atoms with E-state index in [1.807, 2.05) is 19.4 Å². The molecule has 1 saturated heterocycles. The predicted molar refractivity (Wildman–Crippen MR) is 69.7 cm³/mol. The Balaban J connectivity index is 1.80. The molecule has 0 saturated carbocycles. The van der Waals surface area contributed by atoms with Gasteiger partial charge in [-0.2, -0.15) is 0 Å². The summed E-state index contributed by atoms with van der Waals surface area (Å²) in [5, 5.41) is 3.61. The number of aryl methyl sites for hydroxylation is 1. The maximum atomic E-state index is 4.34. The van der Waals surface area contributed by atoms with Crippen molar-refractivity contribution < 1.29 is 0 Å². The normalized spacial score (nSPS) is 23.8. The van der Waals surface area contributed by atoms with Gasteiger partial charge in [-0.1, -0.05) is 0 Å². The van der Waals surface area contributed by atoms with Gasteiger partial charge in [0.1, 0.15) is 5.82 Å². The zero-order chi connectivity index (χ0) is 12.3. The van der Waals surface area contributed by atoms with Crippen LogP contribution in [-0.2, 0) is 13.6 Å². The van der Waals surface area contributed by atoms with Gasteiger partial charge in [-0.15, -0.1) is 0 Å². The molecule has 1 aromatic rings. The van der Waals surface area contributed by atoms with E-state index >= 15 is 0 Å². The van der Waals surface area contributed by atoms with Gasteiger partial charge in [-0.3, -0.25) is 0 Å². The number of nitrogens with zero attached hydrogens (tertiary/aromatic N) is 3. The largest absolute Gasteiger partial charge is 0.337 e. The van der Waals surface area contributed by atoms with Gasteiger partial charge in [0.25, 0.3) is 0 Å².